The van der Waals surface area contributed by atoms with Gasteiger partial charge in [0.25, 0.3) is 0 Å². The molecule has 0 spiro atoms. The Labute approximate surface area is 365 Å². The van der Waals surface area contributed by atoms with Gasteiger partial charge in [0.15, 0.2) is 0 Å². The first-order valence-electron chi connectivity index (χ1n) is 22.7. The van der Waals surface area contributed by atoms with E-state index in [1.54, 1.807) is 0 Å². The Hall–Kier alpha value is -5.72. The highest BCUT2D eigenvalue weighted by molar-refractivity contribution is 5.69. The molecule has 6 heteroatoms. The molecule has 1 aliphatic carbocycles. The first-order chi connectivity index (χ1) is 30.0. The van der Waals surface area contributed by atoms with Gasteiger partial charge in [-0.1, -0.05) is 121 Å². The van der Waals surface area contributed by atoms with Gasteiger partial charge in [0.2, 0.25) is 0 Å². The van der Waals surface area contributed by atoms with Crippen LogP contribution in [0.25, 0.3) is 6.08 Å². The molecule has 1 atom stereocenters. The number of rotatable bonds is 25. The predicted molar refractivity (Wildman–Crippen MR) is 256 cm³/mol. The highest BCUT2D eigenvalue weighted by atomic mass is 16.5. The van der Waals surface area contributed by atoms with Crippen LogP contribution in [0.1, 0.15) is 109 Å². The zero-order valence-corrected chi connectivity index (χ0v) is 36.9. The normalized spacial score (nSPS) is 13.6. The smallest absolute Gasteiger partial charge is 0.129 e. The maximum Gasteiger partial charge on any atom is 0.129 e. The fraction of sp³-hybridized carbons (Fsp3) is 0.345. The molecule has 0 aliphatic heterocycles. The molecule has 0 fully saturated rings. The molecule has 0 radical (unpaired) electrons. The number of hydrogen-bond acceptors (Lipinski definition) is 6. The molecular formula is C55H66N2O4. The van der Waals surface area contributed by atoms with Gasteiger partial charge < -0.3 is 29.2 Å². The summed E-state index contributed by atoms with van der Waals surface area (Å²) in [6.45, 7) is 14.4. The molecule has 1 N–H and O–H groups in total. The SMILES string of the molecule is C=Cc1ccc(Oc2cccc(C(CC)(CC)N(c3ccc(Oc4cccc(NC5=CC(OCCCCCC)CC=C5)c4)cc3)c3cccc(OCCCCCC)c3)c2)cc1. The van der Waals surface area contributed by atoms with Crippen LogP contribution < -0.4 is 24.4 Å². The lowest BCUT2D eigenvalue weighted by molar-refractivity contribution is 0.0827. The largest absolute Gasteiger partial charge is 0.494 e. The van der Waals surface area contributed by atoms with Gasteiger partial charge in [-0.2, -0.15) is 0 Å². The van der Waals surface area contributed by atoms with Gasteiger partial charge in [-0.15, -0.1) is 0 Å². The number of allylic oxidation sites excluding steroid dienone is 1. The van der Waals surface area contributed by atoms with E-state index in [-0.39, 0.29) is 6.10 Å². The number of nitrogens with zero attached hydrogens (tertiary/aromatic N) is 1. The molecule has 0 aromatic heterocycles. The summed E-state index contributed by atoms with van der Waals surface area (Å²) in [6.07, 6.45) is 20.5. The summed E-state index contributed by atoms with van der Waals surface area (Å²) in [4.78, 5) is 2.47. The van der Waals surface area contributed by atoms with E-state index >= 15 is 0 Å². The van der Waals surface area contributed by atoms with Gasteiger partial charge in [-0.3, -0.25) is 0 Å². The molecule has 0 amide bonds. The Morgan fingerprint density at radius 1 is 0.639 bits per heavy atom. The zero-order valence-electron chi connectivity index (χ0n) is 36.9. The monoisotopic (exact) mass is 819 g/mol. The Bertz CT molecular complexity index is 2150. The van der Waals surface area contributed by atoms with E-state index in [1.807, 2.05) is 54.6 Å². The van der Waals surface area contributed by atoms with E-state index in [9.17, 15) is 0 Å². The van der Waals surface area contributed by atoms with Gasteiger partial charge in [-0.05, 0) is 128 Å². The minimum absolute atomic E-state index is 0.0918. The average molecular weight is 819 g/mol. The molecular weight excluding hydrogens is 753 g/mol. The van der Waals surface area contributed by atoms with Crippen molar-refractivity contribution in [3.05, 3.63) is 163 Å². The third kappa shape index (κ3) is 12.7. The number of anilines is 3. The van der Waals surface area contributed by atoms with Gasteiger partial charge >= 0.3 is 0 Å². The summed E-state index contributed by atoms with van der Waals surface area (Å²) < 4.78 is 25.4. The summed E-state index contributed by atoms with van der Waals surface area (Å²) >= 11 is 0. The molecule has 5 aromatic carbocycles. The van der Waals surface area contributed by atoms with Crippen LogP contribution in [-0.2, 0) is 10.3 Å². The third-order valence-electron chi connectivity index (χ3n) is 11.5. The van der Waals surface area contributed by atoms with Crippen LogP contribution in [0.15, 0.2) is 152 Å². The molecule has 1 unspecified atom stereocenters. The van der Waals surface area contributed by atoms with E-state index in [1.165, 1.54) is 44.1 Å². The van der Waals surface area contributed by atoms with Gasteiger partial charge in [-0.25, -0.2) is 0 Å². The molecule has 320 valence electrons. The Balaban J connectivity index is 1.25. The summed E-state index contributed by atoms with van der Waals surface area (Å²) in [6, 6.07) is 41.7. The van der Waals surface area contributed by atoms with E-state index in [4.69, 9.17) is 18.9 Å². The second-order valence-electron chi connectivity index (χ2n) is 15.9. The van der Waals surface area contributed by atoms with Crippen LogP contribution in [0.3, 0.4) is 0 Å². The molecule has 0 saturated heterocycles. The molecule has 0 heterocycles. The quantitative estimate of drug-likeness (QED) is 0.0592. The Kier molecular flexibility index (Phi) is 17.1. The number of hydrogen-bond donors (Lipinski definition) is 1. The lowest BCUT2D eigenvalue weighted by Crippen LogP contribution is -2.42. The standard InChI is InChI=1S/C55H66N2O4/c1-6-11-13-15-37-58-51-25-18-22-45(40-51)56-46-23-19-28-54(41-46)61-50-35-31-47(32-36-50)57(48-24-20-26-52(42-48)59-38-16-14-12-7-2)55(9-4,10-5)44-21-17-27-53(39-44)60-49-33-29-43(8-3)30-34-49/h8,17-24,26-36,39-42,51,56H,3,6-7,9-16,25,37-38H2,1-2,4-5H3. The van der Waals surface area contributed by atoms with Crippen molar-refractivity contribution in [3.8, 4) is 28.7 Å². The second-order valence-corrected chi connectivity index (χ2v) is 15.9. The van der Waals surface area contributed by atoms with Crippen molar-refractivity contribution in [1.29, 1.82) is 0 Å². The molecule has 61 heavy (non-hydrogen) atoms. The van der Waals surface area contributed by atoms with E-state index < -0.39 is 5.54 Å². The van der Waals surface area contributed by atoms with Crippen LogP contribution in [0.4, 0.5) is 17.1 Å². The van der Waals surface area contributed by atoms with Crippen molar-refractivity contribution in [2.24, 2.45) is 0 Å². The first kappa shape index (κ1) is 44.8. The van der Waals surface area contributed by atoms with Gasteiger partial charge in [0.1, 0.15) is 28.7 Å². The Morgan fingerprint density at radius 3 is 1.97 bits per heavy atom. The van der Waals surface area contributed by atoms with Crippen molar-refractivity contribution >= 4 is 23.1 Å². The fourth-order valence-corrected chi connectivity index (χ4v) is 8.05. The highest BCUT2D eigenvalue weighted by Gasteiger charge is 2.37. The maximum absolute atomic E-state index is 6.49. The number of ether oxygens (including phenoxy) is 4. The number of unbranched alkanes of at least 4 members (excludes halogenated alkanes) is 6. The molecule has 0 bridgehead atoms. The van der Waals surface area contributed by atoms with Crippen LogP contribution in [0.5, 0.6) is 28.7 Å². The minimum Gasteiger partial charge on any atom is -0.494 e. The second kappa shape index (κ2) is 23.3. The molecule has 0 saturated carbocycles. The average Bonchev–Trinajstić information content (AvgIpc) is 3.29. The summed E-state index contributed by atoms with van der Waals surface area (Å²) in [5, 5.41) is 3.57. The van der Waals surface area contributed by atoms with Crippen LogP contribution in [0, 0.1) is 0 Å². The summed E-state index contributed by atoms with van der Waals surface area (Å²) in [5.74, 6) is 3.97. The van der Waals surface area contributed by atoms with Crippen molar-refractivity contribution < 1.29 is 18.9 Å². The number of nitrogens with one attached hydrogen (secondary N) is 1. The summed E-state index contributed by atoms with van der Waals surface area (Å²) in [5.41, 5.74) is 5.91. The molecule has 6 rings (SSSR count). The summed E-state index contributed by atoms with van der Waals surface area (Å²) in [7, 11) is 0. The van der Waals surface area contributed by atoms with Crippen molar-refractivity contribution in [2.75, 3.05) is 23.4 Å². The molecule has 5 aromatic rings. The molecule has 6 nitrogen and oxygen atoms in total. The minimum atomic E-state index is -0.421. The Morgan fingerprint density at radius 2 is 1.28 bits per heavy atom. The zero-order chi connectivity index (χ0) is 42.7. The molecule has 1 aliphatic rings. The van der Waals surface area contributed by atoms with Gasteiger partial charge in [0, 0.05) is 41.5 Å². The van der Waals surface area contributed by atoms with E-state index in [0.29, 0.717) is 6.61 Å². The van der Waals surface area contributed by atoms with E-state index in [2.05, 4.69) is 136 Å². The van der Waals surface area contributed by atoms with Crippen LogP contribution in [0.2, 0.25) is 0 Å². The predicted octanol–water partition coefficient (Wildman–Crippen LogP) is 15.9. The lowest BCUT2D eigenvalue weighted by atomic mass is 9.81. The van der Waals surface area contributed by atoms with Crippen molar-refractivity contribution in [2.45, 2.75) is 110 Å². The number of benzene rings is 5. The van der Waals surface area contributed by atoms with Crippen molar-refractivity contribution in [3.63, 3.8) is 0 Å². The maximum atomic E-state index is 6.49. The first-order valence-corrected chi connectivity index (χ1v) is 22.7. The fourth-order valence-electron chi connectivity index (χ4n) is 8.05. The third-order valence-corrected chi connectivity index (χ3v) is 11.5. The van der Waals surface area contributed by atoms with Gasteiger partial charge in [0.05, 0.1) is 18.2 Å². The van der Waals surface area contributed by atoms with Crippen LogP contribution in [-0.4, -0.2) is 19.3 Å². The van der Waals surface area contributed by atoms with E-state index in [0.717, 1.165) is 95.8 Å². The van der Waals surface area contributed by atoms with Crippen molar-refractivity contribution in [1.82, 2.24) is 0 Å². The lowest BCUT2D eigenvalue weighted by Gasteiger charge is -2.45. The topological polar surface area (TPSA) is 52.2 Å². The van der Waals surface area contributed by atoms with Crippen LogP contribution >= 0.6 is 0 Å². The highest BCUT2D eigenvalue weighted by Crippen LogP contribution is 2.46.